The normalized spacial score (nSPS) is 10.9. The Morgan fingerprint density at radius 3 is 2.80 bits per heavy atom. The van der Waals surface area contributed by atoms with Crippen molar-refractivity contribution < 1.29 is 4.79 Å². The number of aromatic nitrogens is 4. The molecule has 0 saturated heterocycles. The average molecular weight is 548 g/mol. The predicted molar refractivity (Wildman–Crippen MR) is 131 cm³/mol. The number of hydrogen-bond donors (Lipinski definition) is 2. The van der Waals surface area contributed by atoms with E-state index >= 15 is 0 Å². The zero-order valence-electron chi connectivity index (χ0n) is 16.1. The van der Waals surface area contributed by atoms with Crippen LogP contribution in [0.15, 0.2) is 42.5 Å². The van der Waals surface area contributed by atoms with Gasteiger partial charge in [-0.15, -0.1) is 10.2 Å². The number of nitrogens with zero attached hydrogens (tertiary/aromatic N) is 4. The Hall–Kier alpha value is -2.44. The van der Waals surface area contributed by atoms with E-state index in [1.54, 1.807) is 10.6 Å². The largest absolute Gasteiger partial charge is 0.332 e. The van der Waals surface area contributed by atoms with Crippen molar-refractivity contribution >= 4 is 67.8 Å². The predicted octanol–water partition coefficient (Wildman–Crippen LogP) is 4.46. The molecule has 30 heavy (non-hydrogen) atoms. The number of amides is 1. The molecule has 2 aromatic carbocycles. The third-order valence-corrected chi connectivity index (χ3v) is 6.23. The molecule has 0 aliphatic heterocycles. The summed E-state index contributed by atoms with van der Waals surface area (Å²) in [6.45, 7) is 4.01. The summed E-state index contributed by atoms with van der Waals surface area (Å²) in [5.41, 5.74) is 3.36. The first-order valence-corrected chi connectivity index (χ1v) is 11.4. The summed E-state index contributed by atoms with van der Waals surface area (Å²) in [6.07, 6.45) is 0.775. The first-order chi connectivity index (χ1) is 14.4. The second-order valence-corrected chi connectivity index (χ2v) is 9.13. The zero-order chi connectivity index (χ0) is 21.3. The SMILES string of the molecule is CCc1nnc2sc(-c3ccc(NC(=S)NC(=O)c4cccc(I)c4)c(C)c3)nn12. The summed E-state index contributed by atoms with van der Waals surface area (Å²) >= 11 is 8.98. The van der Waals surface area contributed by atoms with Crippen molar-refractivity contribution in [1.29, 1.82) is 0 Å². The van der Waals surface area contributed by atoms with Gasteiger partial charge in [-0.05, 0) is 83.7 Å². The maximum Gasteiger partial charge on any atom is 0.257 e. The van der Waals surface area contributed by atoms with Gasteiger partial charge in [0, 0.05) is 26.8 Å². The number of anilines is 1. The van der Waals surface area contributed by atoms with E-state index in [4.69, 9.17) is 12.2 Å². The summed E-state index contributed by atoms with van der Waals surface area (Å²) in [4.78, 5) is 13.2. The van der Waals surface area contributed by atoms with Crippen LogP contribution in [0.2, 0.25) is 0 Å². The molecule has 0 aliphatic rings. The number of carbonyl (C=O) groups excluding carboxylic acids is 1. The second-order valence-electron chi connectivity index (χ2n) is 6.52. The first kappa shape index (κ1) is 20.8. The lowest BCUT2D eigenvalue weighted by Gasteiger charge is -2.12. The van der Waals surface area contributed by atoms with E-state index < -0.39 is 0 Å². The molecule has 0 saturated carbocycles. The van der Waals surface area contributed by atoms with E-state index in [9.17, 15) is 4.79 Å². The Bertz CT molecular complexity index is 1270. The molecule has 0 spiro atoms. The first-order valence-electron chi connectivity index (χ1n) is 9.14. The molecule has 7 nitrogen and oxygen atoms in total. The van der Waals surface area contributed by atoms with Crippen LogP contribution in [0.4, 0.5) is 5.69 Å². The van der Waals surface area contributed by atoms with Crippen molar-refractivity contribution in [2.75, 3.05) is 5.32 Å². The van der Waals surface area contributed by atoms with E-state index in [-0.39, 0.29) is 11.0 Å². The third-order valence-electron chi connectivity index (χ3n) is 4.41. The Morgan fingerprint density at radius 2 is 2.07 bits per heavy atom. The highest BCUT2D eigenvalue weighted by Crippen LogP contribution is 2.28. The fourth-order valence-electron chi connectivity index (χ4n) is 2.89. The lowest BCUT2D eigenvalue weighted by Crippen LogP contribution is -2.34. The van der Waals surface area contributed by atoms with E-state index in [1.165, 1.54) is 11.3 Å². The molecule has 0 bridgehead atoms. The molecular formula is C20H17IN6OS2. The van der Waals surface area contributed by atoms with E-state index in [2.05, 4.69) is 48.5 Å². The zero-order valence-corrected chi connectivity index (χ0v) is 19.9. The molecular weight excluding hydrogens is 531 g/mol. The Morgan fingerprint density at radius 1 is 1.23 bits per heavy atom. The van der Waals surface area contributed by atoms with Crippen LogP contribution in [0.25, 0.3) is 15.5 Å². The molecule has 10 heteroatoms. The minimum absolute atomic E-state index is 0.244. The van der Waals surface area contributed by atoms with Crippen LogP contribution in [0.3, 0.4) is 0 Å². The number of fused-ring (bicyclic) bond motifs is 1. The van der Waals surface area contributed by atoms with Crippen LogP contribution >= 0.6 is 46.1 Å². The molecule has 152 valence electrons. The quantitative estimate of drug-likeness (QED) is 0.290. The molecule has 0 atom stereocenters. The van der Waals surface area contributed by atoms with Gasteiger partial charge >= 0.3 is 0 Å². The smallest absolute Gasteiger partial charge is 0.257 e. The van der Waals surface area contributed by atoms with Crippen LogP contribution in [-0.2, 0) is 6.42 Å². The molecule has 0 fully saturated rings. The van der Waals surface area contributed by atoms with Crippen molar-refractivity contribution in [3.8, 4) is 10.6 Å². The molecule has 4 rings (SSSR count). The van der Waals surface area contributed by atoms with E-state index in [1.807, 2.05) is 50.2 Å². The molecule has 2 N–H and O–H groups in total. The van der Waals surface area contributed by atoms with Crippen LogP contribution in [0.1, 0.15) is 28.7 Å². The monoisotopic (exact) mass is 548 g/mol. The summed E-state index contributed by atoms with van der Waals surface area (Å²) in [6, 6.07) is 13.3. The van der Waals surface area contributed by atoms with Crippen molar-refractivity contribution in [1.82, 2.24) is 25.1 Å². The molecule has 0 radical (unpaired) electrons. The van der Waals surface area contributed by atoms with Gasteiger partial charge < -0.3 is 5.32 Å². The number of aryl methyl sites for hydroxylation is 2. The Labute approximate surface area is 196 Å². The van der Waals surface area contributed by atoms with Crippen LogP contribution < -0.4 is 10.6 Å². The maximum atomic E-state index is 12.4. The van der Waals surface area contributed by atoms with Gasteiger partial charge in [0.1, 0.15) is 5.01 Å². The third kappa shape index (κ3) is 4.35. The lowest BCUT2D eigenvalue weighted by molar-refractivity contribution is 0.0977. The standard InChI is InChI=1S/C20H17IN6OS2/c1-3-16-24-25-20-27(16)26-18(30-20)13-7-8-15(11(2)9-13)22-19(29)23-17(28)12-5-4-6-14(21)10-12/h4-10H,3H2,1-2H3,(H2,22,23,28,29). The van der Waals surface area contributed by atoms with Crippen LogP contribution in [0.5, 0.6) is 0 Å². The average Bonchev–Trinajstić information content (AvgIpc) is 3.30. The highest BCUT2D eigenvalue weighted by molar-refractivity contribution is 14.1. The number of hydrogen-bond acceptors (Lipinski definition) is 6. The maximum absolute atomic E-state index is 12.4. The van der Waals surface area contributed by atoms with Gasteiger partial charge in [-0.3, -0.25) is 10.1 Å². The fraction of sp³-hybridized carbons (Fsp3) is 0.150. The van der Waals surface area contributed by atoms with Gasteiger partial charge in [0.2, 0.25) is 4.96 Å². The number of carbonyl (C=O) groups is 1. The van der Waals surface area contributed by atoms with Crippen LogP contribution in [-0.4, -0.2) is 30.8 Å². The number of rotatable bonds is 4. The molecule has 0 aliphatic carbocycles. The van der Waals surface area contributed by atoms with Crippen molar-refractivity contribution in [3.63, 3.8) is 0 Å². The number of nitrogens with one attached hydrogen (secondary N) is 2. The molecule has 2 heterocycles. The van der Waals surface area contributed by atoms with Gasteiger partial charge in [0.15, 0.2) is 10.9 Å². The number of thiocarbonyl (C=S) groups is 1. The molecule has 1 amide bonds. The van der Waals surface area contributed by atoms with Gasteiger partial charge in [-0.1, -0.05) is 24.3 Å². The topological polar surface area (TPSA) is 84.2 Å². The van der Waals surface area contributed by atoms with Gasteiger partial charge in [0.25, 0.3) is 5.91 Å². The lowest BCUT2D eigenvalue weighted by atomic mass is 10.1. The Balaban J connectivity index is 1.48. The number of benzene rings is 2. The molecule has 0 unspecified atom stereocenters. The summed E-state index contributed by atoms with van der Waals surface area (Å²) in [7, 11) is 0. The van der Waals surface area contributed by atoms with Gasteiger partial charge in [0.05, 0.1) is 0 Å². The van der Waals surface area contributed by atoms with Crippen molar-refractivity contribution in [2.45, 2.75) is 20.3 Å². The number of halogens is 1. The van der Waals surface area contributed by atoms with E-state index in [0.717, 1.165) is 42.6 Å². The van der Waals surface area contributed by atoms with Crippen molar-refractivity contribution in [2.24, 2.45) is 0 Å². The summed E-state index contributed by atoms with van der Waals surface area (Å²) in [5, 5.41) is 19.9. The molecule has 4 aromatic rings. The highest BCUT2D eigenvalue weighted by Gasteiger charge is 2.13. The minimum atomic E-state index is -0.244. The Kier molecular flexibility index (Phi) is 6.06. The van der Waals surface area contributed by atoms with Gasteiger partial charge in [-0.25, -0.2) is 0 Å². The summed E-state index contributed by atoms with van der Waals surface area (Å²) in [5.74, 6) is 0.600. The van der Waals surface area contributed by atoms with Crippen LogP contribution in [0, 0.1) is 10.5 Å². The van der Waals surface area contributed by atoms with Gasteiger partial charge in [-0.2, -0.15) is 9.61 Å². The highest BCUT2D eigenvalue weighted by atomic mass is 127. The second kappa shape index (κ2) is 8.74. The fourth-order valence-corrected chi connectivity index (χ4v) is 4.49. The van der Waals surface area contributed by atoms with E-state index in [0.29, 0.717) is 5.56 Å². The minimum Gasteiger partial charge on any atom is -0.332 e. The van der Waals surface area contributed by atoms with Crippen molar-refractivity contribution in [3.05, 3.63) is 63.0 Å². The summed E-state index contributed by atoms with van der Waals surface area (Å²) < 4.78 is 2.78. The molecule has 2 aromatic heterocycles.